The van der Waals surface area contributed by atoms with Crippen molar-refractivity contribution < 1.29 is 0 Å². The maximum Gasteiger partial charge on any atom is 0.225 e. The molecule has 1 atom stereocenters. The zero-order valence-electron chi connectivity index (χ0n) is 15.4. The first kappa shape index (κ1) is 22.1. The molecule has 0 fully saturated rings. The van der Waals surface area contributed by atoms with Crippen LogP contribution in [0.25, 0.3) is 10.2 Å². The van der Waals surface area contributed by atoms with E-state index in [1.54, 1.807) is 11.3 Å². The Bertz CT molecular complexity index is 847. The number of nitrogens with one attached hydrogen (secondary N) is 1. The van der Waals surface area contributed by atoms with E-state index < -0.39 is 0 Å². The summed E-state index contributed by atoms with van der Waals surface area (Å²) in [4.78, 5) is 9.59. The third-order valence-corrected chi connectivity index (χ3v) is 6.10. The lowest BCUT2D eigenvalue weighted by Gasteiger charge is -2.09. The molecule has 3 N–H and O–H groups in total. The van der Waals surface area contributed by atoms with Crippen LogP contribution >= 0.6 is 45.9 Å². The minimum absolute atomic E-state index is 0.205. The number of fused-ring (bicyclic) bond motifs is 1. The summed E-state index contributed by atoms with van der Waals surface area (Å²) in [5.74, 6) is 0.732. The number of thiophene rings is 2. The number of hydrogen-bond acceptors (Lipinski definition) is 6. The zero-order chi connectivity index (χ0) is 19.6. The molecule has 4 nitrogen and oxygen atoms in total. The summed E-state index contributed by atoms with van der Waals surface area (Å²) in [5, 5.41) is 7.97. The van der Waals surface area contributed by atoms with Crippen molar-refractivity contribution in [2.24, 2.45) is 5.73 Å². The molecule has 0 aliphatic heterocycles. The summed E-state index contributed by atoms with van der Waals surface area (Å²) < 4.78 is 0.931. The lowest BCUT2D eigenvalue weighted by molar-refractivity contribution is 0.606. The van der Waals surface area contributed by atoms with Crippen molar-refractivity contribution in [3.63, 3.8) is 0 Å². The van der Waals surface area contributed by atoms with Gasteiger partial charge in [-0.1, -0.05) is 43.7 Å². The highest BCUT2D eigenvalue weighted by atomic mass is 35.5. The number of halogens is 2. The molecular formula is C19H24Cl2N4S2. The van der Waals surface area contributed by atoms with Crippen LogP contribution < -0.4 is 11.1 Å². The Kier molecular flexibility index (Phi) is 9.51. The lowest BCUT2D eigenvalue weighted by atomic mass is 10.0. The molecule has 8 heteroatoms. The summed E-state index contributed by atoms with van der Waals surface area (Å²) in [7, 11) is 0. The minimum atomic E-state index is 0.205. The highest BCUT2D eigenvalue weighted by molar-refractivity contribution is 7.18. The summed E-state index contributed by atoms with van der Waals surface area (Å²) in [5.41, 5.74) is 6.29. The molecule has 0 saturated carbocycles. The van der Waals surface area contributed by atoms with Gasteiger partial charge in [0, 0.05) is 16.3 Å². The first-order valence-electron chi connectivity index (χ1n) is 8.90. The fraction of sp³-hybridized carbons (Fsp3) is 0.368. The van der Waals surface area contributed by atoms with Gasteiger partial charge < -0.3 is 11.1 Å². The second-order valence-corrected chi connectivity index (χ2v) is 8.24. The molecule has 3 heterocycles. The van der Waals surface area contributed by atoms with Crippen molar-refractivity contribution in [2.45, 2.75) is 45.7 Å². The van der Waals surface area contributed by atoms with Gasteiger partial charge in [0.15, 0.2) is 0 Å². The predicted octanol–water partition coefficient (Wildman–Crippen LogP) is 6.75. The van der Waals surface area contributed by atoms with E-state index in [1.807, 2.05) is 30.7 Å². The first-order valence-corrected chi connectivity index (χ1v) is 11.4. The molecule has 0 aromatic carbocycles. The van der Waals surface area contributed by atoms with E-state index >= 15 is 0 Å². The van der Waals surface area contributed by atoms with Gasteiger partial charge >= 0.3 is 0 Å². The molecule has 3 aromatic rings. The Morgan fingerprint density at radius 3 is 2.63 bits per heavy atom. The van der Waals surface area contributed by atoms with Crippen molar-refractivity contribution in [1.82, 2.24) is 9.97 Å². The molecule has 0 radical (unpaired) electrons. The number of rotatable bonds is 3. The molecule has 27 heavy (non-hydrogen) atoms. The van der Waals surface area contributed by atoms with E-state index in [-0.39, 0.29) is 5.28 Å². The second kappa shape index (κ2) is 11.6. The fourth-order valence-corrected chi connectivity index (χ4v) is 4.35. The van der Waals surface area contributed by atoms with Crippen LogP contribution in [0.5, 0.6) is 0 Å². The molecular weight excluding hydrogens is 419 g/mol. The average Bonchev–Trinajstić information content (AvgIpc) is 3.33. The largest absolute Gasteiger partial charge is 0.364 e. The van der Waals surface area contributed by atoms with Crippen LogP contribution in [0.3, 0.4) is 0 Å². The second-order valence-electron chi connectivity index (χ2n) is 5.58. The van der Waals surface area contributed by atoms with E-state index in [2.05, 4.69) is 33.5 Å². The SMILES string of the molecule is CC.Clc1nc(NCc2cccs2)c2scc(Cl)c2n1.NC1CC=CCC1. The van der Waals surface area contributed by atoms with Crippen molar-refractivity contribution in [3.05, 3.63) is 50.2 Å². The quantitative estimate of drug-likeness (QED) is 0.347. The van der Waals surface area contributed by atoms with Crippen LogP contribution in [-0.2, 0) is 6.54 Å². The molecule has 0 amide bonds. The number of hydrogen-bond donors (Lipinski definition) is 2. The van der Waals surface area contributed by atoms with Gasteiger partial charge in [0.05, 0.1) is 16.3 Å². The van der Waals surface area contributed by atoms with E-state index in [9.17, 15) is 0 Å². The first-order chi connectivity index (χ1) is 13.1. The number of nitrogens with zero attached hydrogens (tertiary/aromatic N) is 2. The van der Waals surface area contributed by atoms with Gasteiger partial charge in [-0.2, -0.15) is 4.98 Å². The summed E-state index contributed by atoms with van der Waals surface area (Å²) in [6.45, 7) is 4.72. The van der Waals surface area contributed by atoms with Crippen molar-refractivity contribution in [2.75, 3.05) is 5.32 Å². The van der Waals surface area contributed by atoms with Crippen LogP contribution in [0.4, 0.5) is 5.82 Å². The van der Waals surface area contributed by atoms with E-state index in [1.165, 1.54) is 29.1 Å². The van der Waals surface area contributed by atoms with Gasteiger partial charge in [-0.05, 0) is 42.3 Å². The van der Waals surface area contributed by atoms with Crippen molar-refractivity contribution in [3.8, 4) is 0 Å². The Morgan fingerprint density at radius 1 is 1.22 bits per heavy atom. The van der Waals surface area contributed by atoms with Gasteiger partial charge in [-0.15, -0.1) is 22.7 Å². The molecule has 146 valence electrons. The van der Waals surface area contributed by atoms with Crippen LogP contribution in [0.15, 0.2) is 35.0 Å². The third-order valence-electron chi connectivity index (χ3n) is 3.66. The summed E-state index contributed by atoms with van der Waals surface area (Å²) in [6.07, 6.45) is 7.80. The van der Waals surface area contributed by atoms with E-state index in [4.69, 9.17) is 28.9 Å². The number of allylic oxidation sites excluding steroid dienone is 1. The van der Waals surface area contributed by atoms with Crippen LogP contribution in [0, 0.1) is 0 Å². The summed E-state index contributed by atoms with van der Waals surface area (Å²) >= 11 is 15.2. The summed E-state index contributed by atoms with van der Waals surface area (Å²) in [6, 6.07) is 4.54. The van der Waals surface area contributed by atoms with Crippen molar-refractivity contribution in [1.29, 1.82) is 0 Å². The Morgan fingerprint density at radius 2 is 2.04 bits per heavy atom. The van der Waals surface area contributed by atoms with Gasteiger partial charge in [0.1, 0.15) is 11.3 Å². The zero-order valence-corrected chi connectivity index (χ0v) is 18.6. The van der Waals surface area contributed by atoms with Crippen LogP contribution in [-0.4, -0.2) is 16.0 Å². The minimum Gasteiger partial charge on any atom is -0.364 e. The lowest BCUT2D eigenvalue weighted by Crippen LogP contribution is -2.19. The van der Waals surface area contributed by atoms with Gasteiger partial charge in [-0.3, -0.25) is 0 Å². The van der Waals surface area contributed by atoms with Gasteiger partial charge in [0.25, 0.3) is 0 Å². The van der Waals surface area contributed by atoms with Crippen LogP contribution in [0.1, 0.15) is 38.0 Å². The topological polar surface area (TPSA) is 63.8 Å². The van der Waals surface area contributed by atoms with Crippen LogP contribution in [0.2, 0.25) is 10.3 Å². The van der Waals surface area contributed by atoms with Crippen molar-refractivity contribution >= 4 is 61.9 Å². The average molecular weight is 443 g/mol. The molecule has 1 aliphatic carbocycles. The molecule has 0 spiro atoms. The standard InChI is InChI=1S/C11H7Cl2N3S2.C6H11N.C2H6/c12-7-5-18-9-8(7)15-11(13)16-10(9)14-4-6-2-1-3-17-6;7-6-4-2-1-3-5-6;1-2/h1-3,5H,4H2,(H,14,15,16);1-2,6H,3-5,7H2;1-2H3. The Labute approximate surface area is 178 Å². The molecule has 1 unspecified atom stereocenters. The normalized spacial score (nSPS) is 15.5. The predicted molar refractivity (Wildman–Crippen MR) is 121 cm³/mol. The maximum absolute atomic E-state index is 6.05. The Hall–Kier alpha value is -1.18. The molecule has 0 saturated heterocycles. The fourth-order valence-electron chi connectivity index (χ4n) is 2.38. The highest BCUT2D eigenvalue weighted by Crippen LogP contribution is 2.33. The van der Waals surface area contributed by atoms with E-state index in [0.717, 1.165) is 23.5 Å². The number of nitrogens with two attached hydrogens (primary N) is 1. The molecule has 0 bridgehead atoms. The number of aromatic nitrogens is 2. The van der Waals surface area contributed by atoms with Gasteiger partial charge in [0.2, 0.25) is 5.28 Å². The third kappa shape index (κ3) is 6.73. The number of anilines is 1. The maximum atomic E-state index is 6.05. The molecule has 3 aromatic heterocycles. The van der Waals surface area contributed by atoms with Gasteiger partial charge in [-0.25, -0.2) is 4.98 Å². The highest BCUT2D eigenvalue weighted by Gasteiger charge is 2.11. The molecule has 1 aliphatic rings. The smallest absolute Gasteiger partial charge is 0.225 e. The monoisotopic (exact) mass is 442 g/mol. The molecule has 4 rings (SSSR count). The Balaban J connectivity index is 0.000000244. The van der Waals surface area contributed by atoms with E-state index in [0.29, 0.717) is 16.6 Å².